The Labute approximate surface area is 159 Å². The third-order valence-corrected chi connectivity index (χ3v) is 6.67. The van der Waals surface area contributed by atoms with Crippen molar-refractivity contribution in [1.29, 1.82) is 0 Å². The number of nitrogens with one attached hydrogen (secondary N) is 1. The van der Waals surface area contributed by atoms with Crippen LogP contribution in [0.3, 0.4) is 0 Å². The number of urea groups is 1. The Hall–Kier alpha value is -2.11. The van der Waals surface area contributed by atoms with Crippen molar-refractivity contribution >= 4 is 38.2 Å². The topological polar surface area (TPSA) is 105 Å². The fourth-order valence-electron chi connectivity index (χ4n) is 3.02. The van der Waals surface area contributed by atoms with Crippen LogP contribution in [0.2, 0.25) is 0 Å². The van der Waals surface area contributed by atoms with Crippen LogP contribution in [0.15, 0.2) is 28.6 Å². The maximum absolute atomic E-state index is 13.7. The summed E-state index contributed by atoms with van der Waals surface area (Å²) in [4.78, 5) is 17.9. The summed E-state index contributed by atoms with van der Waals surface area (Å²) in [5, 5.41) is 7.58. The van der Waals surface area contributed by atoms with Gasteiger partial charge in [0.05, 0.1) is 6.20 Å². The van der Waals surface area contributed by atoms with Crippen molar-refractivity contribution in [2.75, 3.05) is 16.8 Å². The van der Waals surface area contributed by atoms with Crippen molar-refractivity contribution in [3.8, 4) is 0 Å². The summed E-state index contributed by atoms with van der Waals surface area (Å²) in [5.74, 6) is -1.81. The van der Waals surface area contributed by atoms with Gasteiger partial charge in [0.1, 0.15) is 0 Å². The summed E-state index contributed by atoms with van der Waals surface area (Å²) >= 11 is 0.712. The van der Waals surface area contributed by atoms with Crippen LogP contribution >= 0.6 is 11.3 Å². The lowest BCUT2D eigenvalue weighted by Crippen LogP contribution is -2.38. The fourth-order valence-corrected chi connectivity index (χ4v) is 4.46. The largest absolute Gasteiger partial charge is 0.328 e. The molecule has 1 aromatic heterocycles. The minimum absolute atomic E-state index is 0.0445. The molecular formula is C16H18F2N4O3S2. The second-order valence-corrected chi connectivity index (χ2v) is 9.14. The lowest BCUT2D eigenvalue weighted by atomic mass is 10.1. The molecule has 11 heteroatoms. The zero-order chi connectivity index (χ0) is 19.6. The molecule has 2 aromatic rings. The molecule has 1 aromatic carbocycles. The monoisotopic (exact) mass is 416 g/mol. The number of carbonyl (C=O) groups excluding carboxylic acids is 1. The molecule has 1 saturated carbocycles. The average Bonchev–Trinajstić information content (AvgIpc) is 3.26. The van der Waals surface area contributed by atoms with E-state index in [9.17, 15) is 22.0 Å². The van der Waals surface area contributed by atoms with Crippen molar-refractivity contribution in [3.05, 3.63) is 36.0 Å². The Morgan fingerprint density at radius 2 is 2.00 bits per heavy atom. The number of carbonyl (C=O) groups is 1. The maximum atomic E-state index is 13.7. The van der Waals surface area contributed by atoms with Crippen molar-refractivity contribution in [1.82, 2.24) is 4.98 Å². The maximum Gasteiger partial charge on any atom is 0.328 e. The van der Waals surface area contributed by atoms with Gasteiger partial charge in [-0.3, -0.25) is 10.2 Å². The third kappa shape index (κ3) is 4.79. The molecule has 3 N–H and O–H groups in total. The highest BCUT2D eigenvalue weighted by Gasteiger charge is 2.25. The number of anilines is 2. The molecule has 1 heterocycles. The third-order valence-electron chi connectivity index (χ3n) is 4.35. The minimum atomic E-state index is -3.92. The SMILES string of the molecule is NS(=O)(=O)c1cnc(NC(=O)N(CC2CCCC2)c2ccc(F)c(F)c2)s1. The molecule has 1 aliphatic carbocycles. The molecule has 27 heavy (non-hydrogen) atoms. The molecule has 1 aliphatic rings. The summed E-state index contributed by atoms with van der Waals surface area (Å²) in [6.45, 7) is 0.338. The number of nitrogens with zero attached hydrogens (tertiary/aromatic N) is 2. The van der Waals surface area contributed by atoms with E-state index in [1.807, 2.05) is 0 Å². The molecule has 0 unspecified atom stereocenters. The van der Waals surface area contributed by atoms with Gasteiger partial charge in [0.25, 0.3) is 0 Å². The van der Waals surface area contributed by atoms with Crippen molar-refractivity contribution < 1.29 is 22.0 Å². The Morgan fingerprint density at radius 1 is 1.30 bits per heavy atom. The highest BCUT2D eigenvalue weighted by Crippen LogP contribution is 2.29. The average molecular weight is 416 g/mol. The minimum Gasteiger partial charge on any atom is -0.294 e. The number of sulfonamides is 1. The van der Waals surface area contributed by atoms with E-state index in [1.165, 1.54) is 11.0 Å². The van der Waals surface area contributed by atoms with E-state index < -0.39 is 27.7 Å². The number of hydrogen-bond donors (Lipinski definition) is 2. The van der Waals surface area contributed by atoms with Crippen LogP contribution in [0, 0.1) is 17.6 Å². The zero-order valence-corrected chi connectivity index (χ0v) is 15.8. The number of hydrogen-bond acceptors (Lipinski definition) is 5. The van der Waals surface area contributed by atoms with Crippen LogP contribution in [-0.4, -0.2) is 26.0 Å². The molecule has 7 nitrogen and oxygen atoms in total. The van der Waals surface area contributed by atoms with Gasteiger partial charge in [-0.1, -0.05) is 24.2 Å². The van der Waals surface area contributed by atoms with Gasteiger partial charge < -0.3 is 0 Å². The molecule has 0 atom stereocenters. The van der Waals surface area contributed by atoms with Gasteiger partial charge in [-0.15, -0.1) is 0 Å². The predicted octanol–water partition coefficient (Wildman–Crippen LogP) is 3.30. The first-order valence-corrected chi connectivity index (χ1v) is 10.6. The van der Waals surface area contributed by atoms with E-state index in [0.29, 0.717) is 17.9 Å². The Balaban J connectivity index is 1.83. The molecule has 0 saturated heterocycles. The van der Waals surface area contributed by atoms with Crippen LogP contribution in [0.1, 0.15) is 25.7 Å². The number of thiazole rings is 1. The number of amides is 2. The van der Waals surface area contributed by atoms with Gasteiger partial charge in [0.15, 0.2) is 21.0 Å². The van der Waals surface area contributed by atoms with Crippen LogP contribution < -0.4 is 15.4 Å². The molecule has 0 bridgehead atoms. The standard InChI is InChI=1S/C16H18F2N4O3S2/c17-12-6-5-11(7-13(12)18)22(9-10-3-1-2-4-10)16(23)21-15-20-8-14(26-15)27(19,24)25/h5-8,10H,1-4,9H2,(H2,19,24,25)(H,20,21,23). The summed E-state index contributed by atoms with van der Waals surface area (Å²) in [6.07, 6.45) is 5.05. The Morgan fingerprint density at radius 3 is 2.59 bits per heavy atom. The highest BCUT2D eigenvalue weighted by molar-refractivity contribution is 7.91. The second-order valence-electron chi connectivity index (χ2n) is 6.32. The molecule has 2 amide bonds. The van der Waals surface area contributed by atoms with Crippen LogP contribution in [-0.2, 0) is 10.0 Å². The zero-order valence-electron chi connectivity index (χ0n) is 14.2. The van der Waals surface area contributed by atoms with Gasteiger partial charge >= 0.3 is 6.03 Å². The van der Waals surface area contributed by atoms with E-state index in [-0.39, 0.29) is 20.9 Å². The quantitative estimate of drug-likeness (QED) is 0.780. The van der Waals surface area contributed by atoms with Gasteiger partial charge in [0, 0.05) is 18.3 Å². The smallest absolute Gasteiger partial charge is 0.294 e. The summed E-state index contributed by atoms with van der Waals surface area (Å²) in [5.41, 5.74) is 0.210. The van der Waals surface area contributed by atoms with Crippen LogP contribution in [0.5, 0.6) is 0 Å². The van der Waals surface area contributed by atoms with E-state index in [0.717, 1.165) is 44.0 Å². The fraction of sp³-hybridized carbons (Fsp3) is 0.375. The first kappa shape index (κ1) is 19.6. The van der Waals surface area contributed by atoms with E-state index in [1.54, 1.807) is 0 Å². The Bertz CT molecular complexity index is 943. The number of aromatic nitrogens is 1. The molecule has 146 valence electrons. The number of benzene rings is 1. The molecular weight excluding hydrogens is 398 g/mol. The van der Waals surface area contributed by atoms with Crippen molar-refractivity contribution in [2.24, 2.45) is 11.1 Å². The summed E-state index contributed by atoms with van der Waals surface area (Å²) in [7, 11) is -3.92. The highest BCUT2D eigenvalue weighted by atomic mass is 32.2. The molecule has 1 fully saturated rings. The van der Waals surface area contributed by atoms with E-state index >= 15 is 0 Å². The molecule has 0 aliphatic heterocycles. The first-order valence-electron chi connectivity index (χ1n) is 8.26. The van der Waals surface area contributed by atoms with Gasteiger partial charge in [-0.05, 0) is 30.9 Å². The molecule has 0 spiro atoms. The van der Waals surface area contributed by atoms with Crippen molar-refractivity contribution in [2.45, 2.75) is 29.9 Å². The molecule has 0 radical (unpaired) electrons. The van der Waals surface area contributed by atoms with Crippen LogP contribution in [0.25, 0.3) is 0 Å². The van der Waals surface area contributed by atoms with Gasteiger partial charge in [0.2, 0.25) is 10.0 Å². The normalized spacial score (nSPS) is 15.1. The molecule has 3 rings (SSSR count). The number of rotatable bonds is 5. The number of primary sulfonamides is 1. The summed E-state index contributed by atoms with van der Waals surface area (Å²) < 4.78 is 49.4. The predicted molar refractivity (Wildman–Crippen MR) is 98.2 cm³/mol. The van der Waals surface area contributed by atoms with Crippen molar-refractivity contribution in [3.63, 3.8) is 0 Å². The van der Waals surface area contributed by atoms with E-state index in [2.05, 4.69) is 10.3 Å². The lowest BCUT2D eigenvalue weighted by Gasteiger charge is -2.25. The van der Waals surface area contributed by atoms with Crippen LogP contribution in [0.4, 0.5) is 24.4 Å². The lowest BCUT2D eigenvalue weighted by molar-refractivity contribution is 0.255. The number of halogens is 2. The Kier molecular flexibility index (Phi) is 5.72. The van der Waals surface area contributed by atoms with E-state index in [4.69, 9.17) is 5.14 Å². The first-order chi connectivity index (χ1) is 12.7. The van der Waals surface area contributed by atoms with Gasteiger partial charge in [-0.2, -0.15) is 0 Å². The second kappa shape index (κ2) is 7.87. The van der Waals surface area contributed by atoms with Gasteiger partial charge in [-0.25, -0.2) is 32.1 Å². The summed E-state index contributed by atoms with van der Waals surface area (Å²) in [6, 6.07) is 2.64. The number of nitrogens with two attached hydrogens (primary N) is 1.